The molecule has 0 bridgehead atoms. The smallest absolute Gasteiger partial charge is 0.207 e. The molecule has 0 aliphatic carbocycles. The van der Waals surface area contributed by atoms with Gasteiger partial charge in [-0.1, -0.05) is 6.07 Å². The number of sulfonamides is 1. The second-order valence-corrected chi connectivity index (χ2v) is 6.77. The molecular weight excluding hydrogens is 298 g/mol. The van der Waals surface area contributed by atoms with Crippen LogP contribution in [0.2, 0.25) is 0 Å². The summed E-state index contributed by atoms with van der Waals surface area (Å²) in [5.41, 5.74) is 0.808. The molecule has 1 aliphatic rings. The van der Waals surface area contributed by atoms with Gasteiger partial charge in [0, 0.05) is 13.1 Å². The zero-order valence-electron chi connectivity index (χ0n) is 11.4. The minimum Gasteiger partial charge on any atom is -0.207 e. The molecule has 4 nitrogen and oxygen atoms in total. The number of nitrogens with zero attached hydrogens (tertiary/aromatic N) is 2. The summed E-state index contributed by atoms with van der Waals surface area (Å²) in [6.07, 6.45) is -1.63. The van der Waals surface area contributed by atoms with Crippen molar-refractivity contribution < 1.29 is 17.2 Å². The fourth-order valence-electron chi connectivity index (χ4n) is 2.27. The summed E-state index contributed by atoms with van der Waals surface area (Å²) in [4.78, 5) is 0.0645. The van der Waals surface area contributed by atoms with Crippen molar-refractivity contribution in [3.63, 3.8) is 0 Å². The molecule has 0 atom stereocenters. The highest BCUT2D eigenvalue weighted by molar-refractivity contribution is 7.89. The fourth-order valence-corrected chi connectivity index (χ4v) is 3.96. The van der Waals surface area contributed by atoms with Gasteiger partial charge in [-0.05, 0) is 43.0 Å². The molecule has 1 aromatic carbocycles. The van der Waals surface area contributed by atoms with Crippen molar-refractivity contribution in [1.29, 1.82) is 5.26 Å². The van der Waals surface area contributed by atoms with Crippen LogP contribution >= 0.6 is 0 Å². The molecule has 112 valence electrons. The SMILES string of the molecule is Cc1ccc(C#N)cc1S(=O)(=O)N1CCC(=C(F)F)CC1. The van der Waals surface area contributed by atoms with Crippen molar-refractivity contribution in [3.8, 4) is 6.07 Å². The Kier molecular flexibility index (Phi) is 4.40. The number of hydrogen-bond acceptors (Lipinski definition) is 3. The predicted molar refractivity (Wildman–Crippen MR) is 73.1 cm³/mol. The first-order valence-electron chi connectivity index (χ1n) is 6.40. The van der Waals surface area contributed by atoms with Gasteiger partial charge in [-0.25, -0.2) is 8.42 Å². The van der Waals surface area contributed by atoms with Gasteiger partial charge < -0.3 is 0 Å². The number of piperidine rings is 1. The lowest BCUT2D eigenvalue weighted by atomic mass is 10.1. The first kappa shape index (κ1) is 15.6. The van der Waals surface area contributed by atoms with E-state index in [2.05, 4.69) is 0 Å². The van der Waals surface area contributed by atoms with Crippen LogP contribution in [0.4, 0.5) is 8.78 Å². The lowest BCUT2D eigenvalue weighted by Gasteiger charge is -2.27. The number of hydrogen-bond donors (Lipinski definition) is 0. The first-order valence-corrected chi connectivity index (χ1v) is 7.84. The van der Waals surface area contributed by atoms with E-state index in [0.717, 1.165) is 0 Å². The van der Waals surface area contributed by atoms with Crippen molar-refractivity contribution in [2.75, 3.05) is 13.1 Å². The van der Waals surface area contributed by atoms with Crippen LogP contribution in [0.1, 0.15) is 24.0 Å². The minimum atomic E-state index is -3.76. The standard InChI is InChI=1S/C14H14F2N2O2S/c1-10-2-3-11(9-17)8-13(10)21(19,20)18-6-4-12(5-7-18)14(15)16/h2-3,8H,4-7H2,1H3. The van der Waals surface area contributed by atoms with Gasteiger partial charge in [-0.2, -0.15) is 18.3 Å². The summed E-state index contributed by atoms with van der Waals surface area (Å²) in [7, 11) is -3.76. The normalized spacial score (nSPS) is 16.6. The minimum absolute atomic E-state index is 0.0175. The maximum atomic E-state index is 12.6. The number of nitriles is 1. The van der Waals surface area contributed by atoms with Gasteiger partial charge in [0.2, 0.25) is 10.0 Å². The van der Waals surface area contributed by atoms with Crippen LogP contribution in [0.25, 0.3) is 0 Å². The largest absolute Gasteiger partial charge is 0.269 e. The number of benzene rings is 1. The Hall–Kier alpha value is -1.78. The van der Waals surface area contributed by atoms with Gasteiger partial charge in [0.15, 0.2) is 0 Å². The quantitative estimate of drug-likeness (QED) is 0.843. The first-order chi connectivity index (χ1) is 9.86. The van der Waals surface area contributed by atoms with Gasteiger partial charge in [0.25, 0.3) is 6.08 Å². The Balaban J connectivity index is 2.32. The van der Waals surface area contributed by atoms with Crippen LogP contribution in [0, 0.1) is 18.3 Å². The lowest BCUT2D eigenvalue weighted by Crippen LogP contribution is -2.36. The third kappa shape index (κ3) is 3.12. The van der Waals surface area contributed by atoms with Crippen molar-refractivity contribution in [2.24, 2.45) is 0 Å². The second kappa shape index (κ2) is 5.92. The van der Waals surface area contributed by atoms with E-state index < -0.39 is 16.1 Å². The molecule has 1 saturated heterocycles. The van der Waals surface area contributed by atoms with Gasteiger partial charge in [-0.3, -0.25) is 0 Å². The van der Waals surface area contributed by atoms with Crippen LogP contribution in [0.5, 0.6) is 0 Å². The van der Waals surface area contributed by atoms with Gasteiger partial charge in [-0.15, -0.1) is 0 Å². The summed E-state index contributed by atoms with van der Waals surface area (Å²) in [6.45, 7) is 1.71. The fraction of sp³-hybridized carbons (Fsp3) is 0.357. The van der Waals surface area contributed by atoms with Gasteiger partial charge >= 0.3 is 0 Å². The maximum Gasteiger partial charge on any atom is 0.269 e. The molecule has 0 unspecified atom stereocenters. The van der Waals surface area contributed by atoms with E-state index in [1.165, 1.54) is 10.4 Å². The summed E-state index contributed by atoms with van der Waals surface area (Å²) in [5.74, 6) is 0. The Bertz CT molecular complexity index is 722. The molecule has 0 radical (unpaired) electrons. The summed E-state index contributed by atoms with van der Waals surface area (Å²) in [5, 5.41) is 8.88. The summed E-state index contributed by atoms with van der Waals surface area (Å²) < 4.78 is 51.3. The van der Waals surface area contributed by atoms with E-state index in [1.807, 2.05) is 6.07 Å². The average molecular weight is 312 g/mol. The molecule has 0 aromatic heterocycles. The van der Waals surface area contributed by atoms with Crippen molar-refractivity contribution >= 4 is 10.0 Å². The van der Waals surface area contributed by atoms with E-state index in [0.29, 0.717) is 5.56 Å². The van der Waals surface area contributed by atoms with Crippen molar-refractivity contribution in [3.05, 3.63) is 41.0 Å². The Morgan fingerprint density at radius 2 is 1.90 bits per heavy atom. The van der Waals surface area contributed by atoms with Crippen LogP contribution in [-0.4, -0.2) is 25.8 Å². The highest BCUT2D eigenvalue weighted by Gasteiger charge is 2.29. The van der Waals surface area contributed by atoms with E-state index in [4.69, 9.17) is 5.26 Å². The van der Waals surface area contributed by atoms with Crippen LogP contribution in [0.3, 0.4) is 0 Å². The molecule has 1 fully saturated rings. The average Bonchev–Trinajstić information content (AvgIpc) is 2.47. The zero-order valence-corrected chi connectivity index (χ0v) is 12.3. The third-order valence-corrected chi connectivity index (χ3v) is 5.57. The number of rotatable bonds is 2. The molecule has 2 rings (SSSR count). The van der Waals surface area contributed by atoms with E-state index in [9.17, 15) is 17.2 Å². The molecule has 0 amide bonds. The topological polar surface area (TPSA) is 61.2 Å². The molecule has 1 aromatic rings. The molecule has 1 heterocycles. The predicted octanol–water partition coefficient (Wildman–Crippen LogP) is 2.80. The molecule has 7 heteroatoms. The van der Waals surface area contributed by atoms with E-state index in [-0.39, 0.29) is 42.0 Å². The van der Waals surface area contributed by atoms with Crippen LogP contribution in [0.15, 0.2) is 34.7 Å². The van der Waals surface area contributed by atoms with Crippen LogP contribution in [-0.2, 0) is 10.0 Å². The molecule has 1 aliphatic heterocycles. The Morgan fingerprint density at radius 3 is 2.43 bits per heavy atom. The molecule has 0 saturated carbocycles. The van der Waals surface area contributed by atoms with Gasteiger partial charge in [0.05, 0.1) is 16.5 Å². The second-order valence-electron chi connectivity index (χ2n) is 4.86. The Labute approximate surface area is 122 Å². The zero-order chi connectivity index (χ0) is 15.6. The van der Waals surface area contributed by atoms with E-state index >= 15 is 0 Å². The van der Waals surface area contributed by atoms with Crippen molar-refractivity contribution in [2.45, 2.75) is 24.7 Å². The Morgan fingerprint density at radius 1 is 1.29 bits per heavy atom. The summed E-state index contributed by atoms with van der Waals surface area (Å²) >= 11 is 0. The highest BCUT2D eigenvalue weighted by Crippen LogP contribution is 2.27. The monoisotopic (exact) mass is 312 g/mol. The van der Waals surface area contributed by atoms with Gasteiger partial charge in [0.1, 0.15) is 0 Å². The molecule has 0 spiro atoms. The van der Waals surface area contributed by atoms with Crippen molar-refractivity contribution in [1.82, 2.24) is 4.31 Å². The molecule has 21 heavy (non-hydrogen) atoms. The molecule has 0 N–H and O–H groups in total. The van der Waals surface area contributed by atoms with Crippen LogP contribution < -0.4 is 0 Å². The maximum absolute atomic E-state index is 12.6. The molecular formula is C14H14F2N2O2S. The lowest BCUT2D eigenvalue weighted by molar-refractivity contribution is 0.350. The number of aryl methyl sites for hydroxylation is 1. The van der Waals surface area contributed by atoms with E-state index in [1.54, 1.807) is 19.1 Å². The highest BCUT2D eigenvalue weighted by atomic mass is 32.2. The summed E-state index contributed by atoms with van der Waals surface area (Å²) in [6, 6.07) is 6.34. The number of halogens is 2. The third-order valence-electron chi connectivity index (χ3n) is 3.53.